The molecule has 1 rings (SSSR count). The third-order valence-electron chi connectivity index (χ3n) is 1.60. The molecule has 0 fully saturated rings. The van der Waals surface area contributed by atoms with E-state index in [1.807, 2.05) is 49.3 Å². The van der Waals surface area contributed by atoms with Crippen LogP contribution in [0.2, 0.25) is 0 Å². The van der Waals surface area contributed by atoms with E-state index in [9.17, 15) is 0 Å². The molecule has 1 N–H and O–H groups in total. The first kappa shape index (κ1) is 8.65. The Hall–Kier alpha value is -1.44. The van der Waals surface area contributed by atoms with Crippen LogP contribution >= 0.6 is 0 Å². The molecule has 0 saturated heterocycles. The van der Waals surface area contributed by atoms with Gasteiger partial charge in [0.1, 0.15) is 0 Å². The van der Waals surface area contributed by atoms with Gasteiger partial charge < -0.3 is 10.2 Å². The lowest BCUT2D eigenvalue weighted by atomic mass is 10.3. The minimum atomic E-state index is 0.890. The van der Waals surface area contributed by atoms with Crippen molar-refractivity contribution in [1.29, 1.82) is 0 Å². The van der Waals surface area contributed by atoms with E-state index >= 15 is 0 Å². The first-order valence-electron chi connectivity index (χ1n) is 3.88. The third-order valence-corrected chi connectivity index (χ3v) is 1.60. The summed E-state index contributed by atoms with van der Waals surface area (Å²) >= 11 is 0. The Morgan fingerprint density at radius 1 is 1.25 bits per heavy atom. The predicted octanol–water partition coefficient (Wildman–Crippen LogP) is 2.13. The summed E-state index contributed by atoms with van der Waals surface area (Å²) in [6.45, 7) is 3.86. The van der Waals surface area contributed by atoms with Crippen molar-refractivity contribution < 1.29 is 0 Å². The zero-order valence-corrected chi connectivity index (χ0v) is 7.54. The molecule has 0 aliphatic heterocycles. The number of nitrogens with one attached hydrogen (secondary N) is 1. The quantitative estimate of drug-likeness (QED) is 0.732. The molecule has 1 aromatic rings. The normalized spacial score (nSPS) is 9.17. The smallest absolute Gasteiger partial charge is 0.0978 e. The molecule has 0 aromatic heterocycles. The van der Waals surface area contributed by atoms with E-state index in [0.717, 1.165) is 11.5 Å². The van der Waals surface area contributed by atoms with Crippen LogP contribution in [0.3, 0.4) is 0 Å². The zero-order chi connectivity index (χ0) is 8.97. The van der Waals surface area contributed by atoms with E-state index in [1.54, 1.807) is 0 Å². The van der Waals surface area contributed by atoms with Crippen LogP contribution in [0.5, 0.6) is 0 Å². The summed E-state index contributed by atoms with van der Waals surface area (Å²) in [5, 5.41) is 3.17. The van der Waals surface area contributed by atoms with E-state index in [2.05, 4.69) is 11.9 Å². The fraction of sp³-hybridized carbons (Fsp3) is 0.200. The summed E-state index contributed by atoms with van der Waals surface area (Å²) in [6, 6.07) is 9.99. The summed E-state index contributed by atoms with van der Waals surface area (Å²) < 4.78 is 0. The average Bonchev–Trinajstić information content (AvgIpc) is 2.06. The number of hydrogen-bond acceptors (Lipinski definition) is 2. The Morgan fingerprint density at radius 3 is 2.33 bits per heavy atom. The molecule has 0 amide bonds. The molecule has 0 aliphatic rings. The van der Waals surface area contributed by atoms with Gasteiger partial charge in [-0.3, -0.25) is 0 Å². The van der Waals surface area contributed by atoms with Crippen LogP contribution in [0.1, 0.15) is 0 Å². The molecule has 0 unspecified atom stereocenters. The first-order chi connectivity index (χ1) is 5.70. The fourth-order valence-corrected chi connectivity index (χ4v) is 0.800. The Balaban J connectivity index is 2.59. The second-order valence-corrected chi connectivity index (χ2v) is 2.83. The molecule has 2 heteroatoms. The lowest BCUT2D eigenvalue weighted by Gasteiger charge is -2.17. The fourth-order valence-electron chi connectivity index (χ4n) is 0.800. The summed E-state index contributed by atoms with van der Waals surface area (Å²) in [7, 11) is 3.91. The molecular formula is C10H14N2. The minimum absolute atomic E-state index is 0.890. The molecular weight excluding hydrogens is 148 g/mol. The molecule has 0 spiro atoms. The summed E-state index contributed by atoms with van der Waals surface area (Å²) in [5.74, 6) is 0.890. The Kier molecular flexibility index (Phi) is 2.75. The maximum absolute atomic E-state index is 3.86. The Morgan fingerprint density at radius 2 is 1.83 bits per heavy atom. The topological polar surface area (TPSA) is 15.3 Å². The van der Waals surface area contributed by atoms with Gasteiger partial charge in [-0.15, -0.1) is 0 Å². The molecule has 0 bridgehead atoms. The van der Waals surface area contributed by atoms with E-state index in [0.29, 0.717) is 0 Å². The summed E-state index contributed by atoms with van der Waals surface area (Å²) in [5.41, 5.74) is 1.07. The molecule has 12 heavy (non-hydrogen) atoms. The predicted molar refractivity (Wildman–Crippen MR) is 52.9 cm³/mol. The van der Waals surface area contributed by atoms with Crippen molar-refractivity contribution in [1.82, 2.24) is 4.90 Å². The number of rotatable bonds is 3. The molecule has 0 radical (unpaired) electrons. The summed E-state index contributed by atoms with van der Waals surface area (Å²) in [6.07, 6.45) is 0. The van der Waals surface area contributed by atoms with Crippen molar-refractivity contribution in [2.45, 2.75) is 0 Å². The maximum atomic E-state index is 3.86. The van der Waals surface area contributed by atoms with E-state index in [-0.39, 0.29) is 0 Å². The van der Waals surface area contributed by atoms with Gasteiger partial charge in [0.05, 0.1) is 5.82 Å². The van der Waals surface area contributed by atoms with Crippen LogP contribution in [0.25, 0.3) is 0 Å². The zero-order valence-electron chi connectivity index (χ0n) is 7.54. The first-order valence-corrected chi connectivity index (χ1v) is 3.88. The van der Waals surface area contributed by atoms with Crippen molar-refractivity contribution in [3.63, 3.8) is 0 Å². The van der Waals surface area contributed by atoms with Gasteiger partial charge in [-0.25, -0.2) is 0 Å². The minimum Gasteiger partial charge on any atom is -0.365 e. The van der Waals surface area contributed by atoms with Gasteiger partial charge in [-0.05, 0) is 12.1 Å². The van der Waals surface area contributed by atoms with Crippen LogP contribution in [0.15, 0.2) is 42.7 Å². The highest BCUT2D eigenvalue weighted by molar-refractivity contribution is 5.46. The molecule has 2 nitrogen and oxygen atoms in total. The van der Waals surface area contributed by atoms with Crippen LogP contribution in [0.4, 0.5) is 5.69 Å². The van der Waals surface area contributed by atoms with Gasteiger partial charge in [0.2, 0.25) is 0 Å². The van der Waals surface area contributed by atoms with E-state index < -0.39 is 0 Å². The maximum Gasteiger partial charge on any atom is 0.0978 e. The highest BCUT2D eigenvalue weighted by Gasteiger charge is 1.94. The average molecular weight is 162 g/mol. The number of nitrogens with zero attached hydrogens (tertiary/aromatic N) is 1. The number of hydrogen-bond donors (Lipinski definition) is 1. The second kappa shape index (κ2) is 3.81. The van der Waals surface area contributed by atoms with Crippen LogP contribution in [0, 0.1) is 0 Å². The van der Waals surface area contributed by atoms with Gasteiger partial charge in [0, 0.05) is 19.8 Å². The van der Waals surface area contributed by atoms with Gasteiger partial charge >= 0.3 is 0 Å². The molecule has 64 valence electrons. The molecule has 1 aromatic carbocycles. The van der Waals surface area contributed by atoms with Crippen molar-refractivity contribution in [3.8, 4) is 0 Å². The Bertz CT molecular complexity index is 252. The second-order valence-electron chi connectivity index (χ2n) is 2.83. The SMILES string of the molecule is C=C(Nc1ccccc1)N(C)C. The Labute approximate surface area is 73.5 Å². The monoisotopic (exact) mass is 162 g/mol. The molecule has 0 atom stereocenters. The summed E-state index contributed by atoms with van der Waals surface area (Å²) in [4.78, 5) is 1.94. The standard InChI is InChI=1S/C10H14N2/c1-9(12(2)3)11-10-7-5-4-6-8-10/h4-8,11H,1H2,2-3H3. The number of benzene rings is 1. The van der Waals surface area contributed by atoms with Gasteiger partial charge in [-0.1, -0.05) is 24.8 Å². The van der Waals surface area contributed by atoms with Crippen molar-refractivity contribution >= 4 is 5.69 Å². The van der Waals surface area contributed by atoms with Crippen molar-refractivity contribution in [2.75, 3.05) is 19.4 Å². The van der Waals surface area contributed by atoms with Crippen LogP contribution in [-0.4, -0.2) is 19.0 Å². The van der Waals surface area contributed by atoms with E-state index in [1.165, 1.54) is 0 Å². The van der Waals surface area contributed by atoms with E-state index in [4.69, 9.17) is 0 Å². The number of anilines is 1. The van der Waals surface area contributed by atoms with Crippen LogP contribution < -0.4 is 5.32 Å². The third kappa shape index (κ3) is 2.31. The van der Waals surface area contributed by atoms with Crippen LogP contribution in [-0.2, 0) is 0 Å². The van der Waals surface area contributed by atoms with Gasteiger partial charge in [0.15, 0.2) is 0 Å². The molecule has 0 heterocycles. The van der Waals surface area contributed by atoms with Crippen molar-refractivity contribution in [2.24, 2.45) is 0 Å². The molecule has 0 saturated carbocycles. The van der Waals surface area contributed by atoms with Gasteiger partial charge in [0.25, 0.3) is 0 Å². The van der Waals surface area contributed by atoms with Gasteiger partial charge in [-0.2, -0.15) is 0 Å². The lowest BCUT2D eigenvalue weighted by molar-refractivity contribution is 0.521. The highest BCUT2D eigenvalue weighted by Crippen LogP contribution is 2.08. The largest absolute Gasteiger partial charge is 0.365 e. The lowest BCUT2D eigenvalue weighted by Crippen LogP contribution is -2.16. The number of para-hydroxylation sites is 1. The van der Waals surface area contributed by atoms with Crippen molar-refractivity contribution in [3.05, 3.63) is 42.7 Å². The molecule has 0 aliphatic carbocycles. The highest BCUT2D eigenvalue weighted by atomic mass is 15.2.